The molecule has 4 aromatic rings. The molecule has 6 heteroatoms. The molecule has 0 aliphatic heterocycles. The Kier molecular flexibility index (Phi) is 6.33. The van der Waals surface area contributed by atoms with E-state index in [0.717, 1.165) is 22.6 Å². The van der Waals surface area contributed by atoms with Gasteiger partial charge in [0.2, 0.25) is 0 Å². The van der Waals surface area contributed by atoms with Crippen LogP contribution in [0.5, 0.6) is 5.75 Å². The highest BCUT2D eigenvalue weighted by Gasteiger charge is 2.18. The van der Waals surface area contributed by atoms with Gasteiger partial charge in [-0.2, -0.15) is 0 Å². The van der Waals surface area contributed by atoms with Gasteiger partial charge in [0.25, 0.3) is 0 Å². The number of imidazole rings is 1. The molecule has 0 atom stereocenters. The molecule has 0 saturated carbocycles. The van der Waals surface area contributed by atoms with E-state index < -0.39 is 0 Å². The highest BCUT2D eigenvalue weighted by molar-refractivity contribution is 6.30. The van der Waals surface area contributed by atoms with Crippen LogP contribution in [0.1, 0.15) is 40.7 Å². The summed E-state index contributed by atoms with van der Waals surface area (Å²) in [5.41, 5.74) is 4.06. The lowest BCUT2D eigenvalue weighted by atomic mass is 10.0. The zero-order chi connectivity index (χ0) is 21.8. The number of fused-ring (bicyclic) bond motifs is 1. The summed E-state index contributed by atoms with van der Waals surface area (Å²) in [5.74, 6) is 0.524. The Morgan fingerprint density at radius 2 is 1.77 bits per heavy atom. The highest BCUT2D eigenvalue weighted by Crippen LogP contribution is 2.21. The van der Waals surface area contributed by atoms with Gasteiger partial charge in [0, 0.05) is 23.7 Å². The van der Waals surface area contributed by atoms with Gasteiger partial charge >= 0.3 is 0 Å². The Hall–Kier alpha value is -3.18. The number of Topliss-reactive ketones (excluding diaryl/α,β-unsaturated/α-hetero) is 1. The summed E-state index contributed by atoms with van der Waals surface area (Å²) in [6.07, 6.45) is 3.49. The van der Waals surface area contributed by atoms with Crippen molar-refractivity contribution in [3.05, 3.63) is 100 Å². The van der Waals surface area contributed by atoms with Crippen LogP contribution < -0.4 is 4.74 Å². The number of aryl methyl sites for hydroxylation is 2. The molecule has 0 unspecified atom stereocenters. The molecule has 0 bridgehead atoms. The molecule has 2 aromatic carbocycles. The van der Waals surface area contributed by atoms with Gasteiger partial charge in [0.1, 0.15) is 29.5 Å². The van der Waals surface area contributed by atoms with Crippen LogP contribution in [-0.4, -0.2) is 15.2 Å². The standard InChI is InChI=1S/C25H22ClFN2O2/c1-2-22-25(29-14-13-19(26)15-24(29)28-22)23(30)12-7-17-5-10-21(11-6-17)31-16-18-3-8-20(27)9-4-18/h3-6,8-11,13-15H,2,7,12,16H2,1H3. The number of carbonyl (C=O) groups excluding carboxylic acids is 1. The van der Waals surface area contributed by atoms with E-state index in [0.29, 0.717) is 42.2 Å². The molecular weight excluding hydrogens is 415 g/mol. The minimum atomic E-state index is -0.263. The Morgan fingerprint density at radius 3 is 2.48 bits per heavy atom. The maximum Gasteiger partial charge on any atom is 0.181 e. The van der Waals surface area contributed by atoms with Crippen molar-refractivity contribution in [1.29, 1.82) is 0 Å². The summed E-state index contributed by atoms with van der Waals surface area (Å²) in [4.78, 5) is 17.5. The zero-order valence-electron chi connectivity index (χ0n) is 17.1. The number of aromatic nitrogens is 2. The van der Waals surface area contributed by atoms with Crippen molar-refractivity contribution in [3.63, 3.8) is 0 Å². The van der Waals surface area contributed by atoms with E-state index >= 15 is 0 Å². The van der Waals surface area contributed by atoms with Crippen LogP contribution in [0.25, 0.3) is 5.65 Å². The van der Waals surface area contributed by atoms with Crippen molar-refractivity contribution in [3.8, 4) is 5.75 Å². The molecular formula is C25H22ClFN2O2. The maximum atomic E-state index is 13.0. The van der Waals surface area contributed by atoms with Gasteiger partial charge < -0.3 is 4.74 Å². The minimum Gasteiger partial charge on any atom is -0.489 e. The van der Waals surface area contributed by atoms with E-state index in [9.17, 15) is 9.18 Å². The second kappa shape index (κ2) is 9.31. The number of hydrogen-bond donors (Lipinski definition) is 0. The van der Waals surface area contributed by atoms with E-state index in [-0.39, 0.29) is 11.6 Å². The monoisotopic (exact) mass is 436 g/mol. The lowest BCUT2D eigenvalue weighted by molar-refractivity contribution is 0.0976. The van der Waals surface area contributed by atoms with E-state index in [1.54, 1.807) is 30.5 Å². The maximum absolute atomic E-state index is 13.0. The second-order valence-corrected chi connectivity index (χ2v) is 7.75. The molecule has 0 saturated heterocycles. The fourth-order valence-electron chi connectivity index (χ4n) is 3.49. The average molecular weight is 437 g/mol. The number of ether oxygens (including phenoxy) is 1. The zero-order valence-corrected chi connectivity index (χ0v) is 17.9. The molecule has 2 aromatic heterocycles. The molecule has 2 heterocycles. The molecule has 0 radical (unpaired) electrons. The normalized spacial score (nSPS) is 11.1. The van der Waals surface area contributed by atoms with Crippen molar-refractivity contribution >= 4 is 23.0 Å². The van der Waals surface area contributed by atoms with Crippen LogP contribution in [0.15, 0.2) is 66.9 Å². The second-order valence-electron chi connectivity index (χ2n) is 7.32. The van der Waals surface area contributed by atoms with Crippen LogP contribution in [0.4, 0.5) is 4.39 Å². The lowest BCUT2D eigenvalue weighted by Crippen LogP contribution is -2.08. The molecule has 158 valence electrons. The Bertz CT molecular complexity index is 1200. The van der Waals surface area contributed by atoms with E-state index in [4.69, 9.17) is 16.3 Å². The van der Waals surface area contributed by atoms with Crippen LogP contribution in [0.2, 0.25) is 5.02 Å². The Balaban J connectivity index is 1.38. The summed E-state index contributed by atoms with van der Waals surface area (Å²) in [6, 6.07) is 17.5. The number of pyridine rings is 1. The van der Waals surface area contributed by atoms with Gasteiger partial charge in [-0.15, -0.1) is 0 Å². The van der Waals surface area contributed by atoms with Gasteiger partial charge in [0.15, 0.2) is 5.78 Å². The SMILES string of the molecule is CCc1nc2cc(Cl)ccn2c1C(=O)CCc1ccc(OCc2ccc(F)cc2)cc1. The van der Waals surface area contributed by atoms with Crippen molar-refractivity contribution in [2.24, 2.45) is 0 Å². The Morgan fingerprint density at radius 1 is 1.06 bits per heavy atom. The predicted octanol–water partition coefficient (Wildman–Crippen LogP) is 6.08. The summed E-state index contributed by atoms with van der Waals surface area (Å²) < 4.78 is 20.5. The third-order valence-electron chi connectivity index (χ3n) is 5.14. The van der Waals surface area contributed by atoms with Gasteiger partial charge in [-0.05, 0) is 54.3 Å². The molecule has 31 heavy (non-hydrogen) atoms. The van der Waals surface area contributed by atoms with E-state index in [2.05, 4.69) is 4.98 Å². The average Bonchev–Trinajstić information content (AvgIpc) is 3.15. The third kappa shape index (κ3) is 4.94. The van der Waals surface area contributed by atoms with Gasteiger partial charge in [-0.25, -0.2) is 9.37 Å². The Labute approximate surface area is 185 Å². The third-order valence-corrected chi connectivity index (χ3v) is 5.38. The molecule has 4 rings (SSSR count). The predicted molar refractivity (Wildman–Crippen MR) is 119 cm³/mol. The molecule has 0 amide bonds. The summed E-state index contributed by atoms with van der Waals surface area (Å²) in [5, 5.41) is 0.598. The number of carbonyl (C=O) groups is 1. The number of ketones is 1. The molecule has 0 aliphatic rings. The fraction of sp³-hybridized carbons (Fsp3) is 0.200. The molecule has 4 nitrogen and oxygen atoms in total. The number of halogens is 2. The van der Waals surface area contributed by atoms with Crippen LogP contribution in [-0.2, 0) is 19.4 Å². The quantitative estimate of drug-likeness (QED) is 0.314. The summed E-state index contributed by atoms with van der Waals surface area (Å²) in [6.45, 7) is 2.36. The largest absolute Gasteiger partial charge is 0.489 e. The number of rotatable bonds is 8. The number of benzene rings is 2. The molecule has 0 aliphatic carbocycles. The van der Waals surface area contributed by atoms with Crippen molar-refractivity contribution in [1.82, 2.24) is 9.38 Å². The lowest BCUT2D eigenvalue weighted by Gasteiger charge is -2.08. The fourth-order valence-corrected chi connectivity index (χ4v) is 3.64. The van der Waals surface area contributed by atoms with Gasteiger partial charge in [-0.3, -0.25) is 9.20 Å². The first-order chi connectivity index (χ1) is 15.0. The topological polar surface area (TPSA) is 43.6 Å². The van der Waals surface area contributed by atoms with Gasteiger partial charge in [0.05, 0.1) is 5.69 Å². The first-order valence-corrected chi connectivity index (χ1v) is 10.6. The van der Waals surface area contributed by atoms with Crippen molar-refractivity contribution in [2.45, 2.75) is 32.8 Å². The smallest absolute Gasteiger partial charge is 0.181 e. The molecule has 0 N–H and O–H groups in total. The van der Waals surface area contributed by atoms with Crippen molar-refractivity contribution in [2.75, 3.05) is 0 Å². The van der Waals surface area contributed by atoms with Crippen LogP contribution in [0, 0.1) is 5.82 Å². The van der Waals surface area contributed by atoms with Crippen LogP contribution in [0.3, 0.4) is 0 Å². The molecule has 0 spiro atoms. The van der Waals surface area contributed by atoms with Gasteiger partial charge in [-0.1, -0.05) is 42.8 Å². The number of hydrogen-bond acceptors (Lipinski definition) is 3. The molecule has 0 fully saturated rings. The van der Waals surface area contributed by atoms with E-state index in [1.165, 1.54) is 12.1 Å². The van der Waals surface area contributed by atoms with Crippen molar-refractivity contribution < 1.29 is 13.9 Å². The first kappa shape index (κ1) is 21.1. The minimum absolute atomic E-state index is 0.0586. The van der Waals surface area contributed by atoms with Crippen LogP contribution >= 0.6 is 11.6 Å². The van der Waals surface area contributed by atoms with E-state index in [1.807, 2.05) is 35.6 Å². The summed E-state index contributed by atoms with van der Waals surface area (Å²) in [7, 11) is 0. The highest BCUT2D eigenvalue weighted by atomic mass is 35.5. The first-order valence-electron chi connectivity index (χ1n) is 10.2. The summed E-state index contributed by atoms with van der Waals surface area (Å²) >= 11 is 6.06. The number of nitrogens with zero attached hydrogens (tertiary/aromatic N) is 2.